The van der Waals surface area contributed by atoms with Crippen LogP contribution in [-0.4, -0.2) is 23.1 Å². The Balaban J connectivity index is 2.58. The molecule has 1 N–H and O–H groups in total. The van der Waals surface area contributed by atoms with Gasteiger partial charge in [-0.15, -0.1) is 0 Å². The molecule has 23 heavy (non-hydrogen) atoms. The zero-order chi connectivity index (χ0) is 17.4. The zero-order valence-corrected chi connectivity index (χ0v) is 14.7. The van der Waals surface area contributed by atoms with Crippen LogP contribution in [0.25, 0.3) is 0 Å². The highest BCUT2D eigenvalue weighted by molar-refractivity contribution is 7.93. The van der Waals surface area contributed by atoms with E-state index in [1.54, 1.807) is 0 Å². The lowest BCUT2D eigenvalue weighted by molar-refractivity contribution is 0.570. The molecule has 0 unspecified atom stereocenters. The van der Waals surface area contributed by atoms with Crippen molar-refractivity contribution in [3.8, 4) is 0 Å². The molecular weight excluding hydrogens is 388 g/mol. The fraction of sp³-hybridized carbons (Fsp3) is 0.0769. The summed E-state index contributed by atoms with van der Waals surface area (Å²) in [7, 11) is -8.13. The van der Waals surface area contributed by atoms with E-state index in [0.29, 0.717) is 0 Å². The van der Waals surface area contributed by atoms with Gasteiger partial charge in [0.05, 0.1) is 15.6 Å². The van der Waals surface area contributed by atoms with E-state index in [2.05, 4.69) is 0 Å². The normalized spacial score (nSPS) is 12.2. The Bertz CT molecular complexity index is 975. The van der Waals surface area contributed by atoms with E-state index in [0.717, 1.165) is 24.5 Å². The maximum absolute atomic E-state index is 13.9. The van der Waals surface area contributed by atoms with Crippen molar-refractivity contribution in [3.63, 3.8) is 0 Å². The van der Waals surface area contributed by atoms with E-state index in [-0.39, 0.29) is 20.6 Å². The van der Waals surface area contributed by atoms with Crippen molar-refractivity contribution < 1.29 is 21.2 Å². The number of hydrogen-bond acceptors (Lipinski definition) is 4. The van der Waals surface area contributed by atoms with E-state index in [1.165, 1.54) is 18.2 Å². The minimum atomic E-state index is -4.40. The summed E-state index contributed by atoms with van der Waals surface area (Å²) in [5.74, 6) is -1.13. The highest BCUT2D eigenvalue weighted by Gasteiger charge is 2.24. The summed E-state index contributed by atoms with van der Waals surface area (Å²) in [6.07, 6.45) is 0.911. The second-order valence-corrected chi connectivity index (χ2v) is 9.05. The van der Waals surface area contributed by atoms with E-state index in [9.17, 15) is 21.2 Å². The molecule has 0 spiro atoms. The standard InChI is InChI=1S/C13H10Cl2FNO4S2/c1-22(18,19)11-6-5-8(14)7-10(11)17-23(20,21)12-4-2-3-9(15)13(12)16/h2-7,17H,1H3. The fourth-order valence-electron chi connectivity index (χ4n) is 1.80. The van der Waals surface area contributed by atoms with Crippen molar-refractivity contribution >= 4 is 48.7 Å². The third kappa shape index (κ3) is 3.95. The molecule has 124 valence electrons. The largest absolute Gasteiger partial charge is 0.278 e. The summed E-state index contributed by atoms with van der Waals surface area (Å²) in [4.78, 5) is -0.989. The van der Waals surface area contributed by atoms with Crippen LogP contribution in [0.2, 0.25) is 10.0 Å². The van der Waals surface area contributed by atoms with Crippen LogP contribution in [0.3, 0.4) is 0 Å². The Morgan fingerprint density at radius 3 is 2.26 bits per heavy atom. The third-order valence-electron chi connectivity index (χ3n) is 2.79. The lowest BCUT2D eigenvalue weighted by Crippen LogP contribution is -2.16. The molecule has 0 saturated carbocycles. The number of hydrogen-bond donors (Lipinski definition) is 1. The van der Waals surface area contributed by atoms with Gasteiger partial charge in [0.15, 0.2) is 15.7 Å². The maximum atomic E-state index is 13.9. The smallest absolute Gasteiger partial charge is 0.264 e. The number of sulfone groups is 1. The predicted octanol–water partition coefficient (Wildman–Crippen LogP) is 3.34. The molecule has 0 aromatic heterocycles. The van der Waals surface area contributed by atoms with Gasteiger partial charge in [-0.3, -0.25) is 4.72 Å². The van der Waals surface area contributed by atoms with Crippen LogP contribution >= 0.6 is 23.2 Å². The first-order valence-electron chi connectivity index (χ1n) is 5.99. The first-order chi connectivity index (χ1) is 10.5. The molecule has 0 aliphatic heterocycles. The number of rotatable bonds is 4. The van der Waals surface area contributed by atoms with Crippen molar-refractivity contribution in [2.24, 2.45) is 0 Å². The van der Waals surface area contributed by atoms with E-state index >= 15 is 0 Å². The van der Waals surface area contributed by atoms with Crippen molar-refractivity contribution in [3.05, 3.63) is 52.3 Å². The zero-order valence-electron chi connectivity index (χ0n) is 11.5. The number of nitrogens with one attached hydrogen (secondary N) is 1. The molecule has 0 heterocycles. The first-order valence-corrected chi connectivity index (χ1v) is 10.1. The van der Waals surface area contributed by atoms with Crippen LogP contribution in [0, 0.1) is 5.82 Å². The lowest BCUT2D eigenvalue weighted by Gasteiger charge is -2.13. The lowest BCUT2D eigenvalue weighted by atomic mass is 10.3. The van der Waals surface area contributed by atoms with Gasteiger partial charge in [-0.05, 0) is 30.3 Å². The van der Waals surface area contributed by atoms with Gasteiger partial charge in [-0.2, -0.15) is 0 Å². The minimum Gasteiger partial charge on any atom is -0.278 e. The highest BCUT2D eigenvalue weighted by atomic mass is 35.5. The average Bonchev–Trinajstić information content (AvgIpc) is 2.39. The van der Waals surface area contributed by atoms with Gasteiger partial charge in [-0.1, -0.05) is 29.3 Å². The molecule has 0 fully saturated rings. The van der Waals surface area contributed by atoms with Gasteiger partial charge in [0, 0.05) is 11.3 Å². The molecule has 2 aromatic carbocycles. The fourth-order valence-corrected chi connectivity index (χ4v) is 4.26. The van der Waals surface area contributed by atoms with Crippen molar-refractivity contribution in [1.82, 2.24) is 0 Å². The summed E-state index contributed by atoms with van der Waals surface area (Å²) in [6.45, 7) is 0. The third-order valence-corrected chi connectivity index (χ3v) is 5.86. The van der Waals surface area contributed by atoms with Gasteiger partial charge < -0.3 is 0 Å². The summed E-state index contributed by atoms with van der Waals surface area (Å²) < 4.78 is 64.1. The van der Waals surface area contributed by atoms with Gasteiger partial charge in [0.25, 0.3) is 10.0 Å². The second-order valence-electron chi connectivity index (χ2n) is 4.57. The summed E-state index contributed by atoms with van der Waals surface area (Å²) in [6, 6.07) is 7.04. The molecule has 0 amide bonds. The molecule has 0 radical (unpaired) electrons. The summed E-state index contributed by atoms with van der Waals surface area (Å²) in [5, 5.41) is -0.260. The number of halogens is 3. The SMILES string of the molecule is CS(=O)(=O)c1ccc(Cl)cc1NS(=O)(=O)c1cccc(Cl)c1F. The quantitative estimate of drug-likeness (QED) is 0.857. The molecule has 0 aliphatic rings. The van der Waals surface area contributed by atoms with E-state index in [4.69, 9.17) is 23.2 Å². The number of sulfonamides is 1. The van der Waals surface area contributed by atoms with Gasteiger partial charge in [0.2, 0.25) is 0 Å². The molecular formula is C13H10Cl2FNO4S2. The Morgan fingerprint density at radius 2 is 1.65 bits per heavy atom. The first kappa shape index (κ1) is 18.0. The van der Waals surface area contributed by atoms with Crippen molar-refractivity contribution in [1.29, 1.82) is 0 Å². The van der Waals surface area contributed by atoms with Gasteiger partial charge in [-0.25, -0.2) is 21.2 Å². The van der Waals surface area contributed by atoms with Crippen LogP contribution in [0.4, 0.5) is 10.1 Å². The predicted molar refractivity (Wildman–Crippen MR) is 86.8 cm³/mol. The van der Waals surface area contributed by atoms with Crippen molar-refractivity contribution in [2.75, 3.05) is 11.0 Å². The topological polar surface area (TPSA) is 80.3 Å². The van der Waals surface area contributed by atoms with E-state index in [1.807, 2.05) is 4.72 Å². The molecule has 0 bridgehead atoms. The minimum absolute atomic E-state index is 0.113. The summed E-state index contributed by atoms with van der Waals surface area (Å²) >= 11 is 11.3. The van der Waals surface area contributed by atoms with Crippen LogP contribution in [0.5, 0.6) is 0 Å². The molecule has 0 saturated heterocycles. The Kier molecular flexibility index (Phi) is 4.91. The Morgan fingerprint density at radius 1 is 1.00 bits per heavy atom. The van der Waals surface area contributed by atoms with Gasteiger partial charge >= 0.3 is 0 Å². The molecule has 5 nitrogen and oxygen atoms in total. The van der Waals surface area contributed by atoms with Crippen LogP contribution in [0.1, 0.15) is 0 Å². The highest BCUT2D eigenvalue weighted by Crippen LogP contribution is 2.29. The Labute approximate surface area is 143 Å². The summed E-state index contributed by atoms with van der Waals surface area (Å²) in [5.41, 5.74) is -0.278. The van der Waals surface area contributed by atoms with Crippen LogP contribution < -0.4 is 4.72 Å². The van der Waals surface area contributed by atoms with Crippen LogP contribution in [0.15, 0.2) is 46.2 Å². The maximum Gasteiger partial charge on any atom is 0.264 e. The van der Waals surface area contributed by atoms with Gasteiger partial charge in [0.1, 0.15) is 4.90 Å². The molecule has 0 atom stereocenters. The molecule has 0 aliphatic carbocycles. The number of benzene rings is 2. The average molecular weight is 398 g/mol. The molecule has 2 rings (SSSR count). The molecule has 10 heteroatoms. The van der Waals surface area contributed by atoms with E-state index < -0.39 is 30.6 Å². The van der Waals surface area contributed by atoms with Crippen molar-refractivity contribution in [2.45, 2.75) is 9.79 Å². The number of anilines is 1. The Hall–Kier alpha value is -1.35. The second kappa shape index (κ2) is 6.27. The molecule has 2 aromatic rings. The van der Waals surface area contributed by atoms with Crippen LogP contribution in [-0.2, 0) is 19.9 Å². The monoisotopic (exact) mass is 397 g/mol.